The number of aromatic nitrogens is 1. The van der Waals surface area contributed by atoms with Crippen LogP contribution in [0.4, 0.5) is 20.2 Å². The molecule has 0 fully saturated rings. The van der Waals surface area contributed by atoms with Gasteiger partial charge in [-0.3, -0.25) is 4.98 Å². The van der Waals surface area contributed by atoms with E-state index in [1.807, 2.05) is 12.1 Å². The molecule has 0 aliphatic heterocycles. The highest BCUT2D eigenvalue weighted by atomic mass is 19.1. The molecule has 2 aromatic carbocycles. The third-order valence-electron chi connectivity index (χ3n) is 3.34. The lowest BCUT2D eigenvalue weighted by atomic mass is 10.1. The van der Waals surface area contributed by atoms with Crippen LogP contribution in [-0.4, -0.2) is 4.98 Å². The fraction of sp³-hybridized carbons (Fsp3) is 0.0625. The largest absolute Gasteiger partial charge is 0.398 e. The van der Waals surface area contributed by atoms with Gasteiger partial charge in [-0.15, -0.1) is 0 Å². The maximum Gasteiger partial charge on any atom is 0.131 e. The number of nitrogens with one attached hydrogen (secondary N) is 1. The van der Waals surface area contributed by atoms with Gasteiger partial charge in [-0.2, -0.15) is 0 Å². The normalized spacial score (nSPS) is 10.8. The summed E-state index contributed by atoms with van der Waals surface area (Å²) < 4.78 is 26.5. The van der Waals surface area contributed by atoms with E-state index in [9.17, 15) is 8.78 Å². The molecule has 3 nitrogen and oxygen atoms in total. The average Bonchev–Trinajstić information content (AvgIpc) is 2.48. The molecule has 0 aliphatic rings. The lowest BCUT2D eigenvalue weighted by Crippen LogP contribution is -2.03. The summed E-state index contributed by atoms with van der Waals surface area (Å²) in [5.41, 5.74) is 7.77. The molecule has 0 unspecified atom stereocenters. The van der Waals surface area contributed by atoms with Crippen LogP contribution < -0.4 is 11.1 Å². The highest BCUT2D eigenvalue weighted by molar-refractivity contribution is 6.00. The van der Waals surface area contributed by atoms with Gasteiger partial charge >= 0.3 is 0 Å². The van der Waals surface area contributed by atoms with Gasteiger partial charge in [-0.25, -0.2) is 8.78 Å². The van der Waals surface area contributed by atoms with Gasteiger partial charge in [0.15, 0.2) is 0 Å². The van der Waals surface area contributed by atoms with Crippen molar-refractivity contribution in [3.05, 3.63) is 66.0 Å². The van der Waals surface area contributed by atoms with E-state index >= 15 is 0 Å². The number of fused-ring (bicyclic) bond motifs is 1. The van der Waals surface area contributed by atoms with Gasteiger partial charge in [0, 0.05) is 52.7 Å². The Hall–Kier alpha value is -2.69. The predicted molar refractivity (Wildman–Crippen MR) is 79.8 cm³/mol. The van der Waals surface area contributed by atoms with Crippen LogP contribution in [0.5, 0.6) is 0 Å². The quantitative estimate of drug-likeness (QED) is 0.721. The van der Waals surface area contributed by atoms with Crippen molar-refractivity contribution < 1.29 is 8.78 Å². The van der Waals surface area contributed by atoms with Crippen molar-refractivity contribution in [2.45, 2.75) is 6.54 Å². The second-order valence-corrected chi connectivity index (χ2v) is 4.71. The standard InChI is InChI=1S/C16H13F2N3/c17-11-2-1-10(14(18)7-11)8-21-16-4-3-15(19)12-5-6-20-9-13(12)16/h1-7,9,21H,8,19H2. The molecule has 0 spiro atoms. The number of anilines is 2. The van der Waals surface area contributed by atoms with Crippen LogP contribution in [0.25, 0.3) is 10.8 Å². The first-order valence-corrected chi connectivity index (χ1v) is 6.45. The van der Waals surface area contributed by atoms with Crippen molar-refractivity contribution in [2.24, 2.45) is 0 Å². The van der Waals surface area contributed by atoms with E-state index in [0.29, 0.717) is 11.3 Å². The molecule has 1 aromatic heterocycles. The second kappa shape index (κ2) is 5.36. The Morgan fingerprint density at radius 2 is 1.90 bits per heavy atom. The second-order valence-electron chi connectivity index (χ2n) is 4.71. The molecule has 3 N–H and O–H groups in total. The molecule has 1 heterocycles. The van der Waals surface area contributed by atoms with Crippen LogP contribution >= 0.6 is 0 Å². The van der Waals surface area contributed by atoms with Gasteiger partial charge in [0.05, 0.1) is 0 Å². The van der Waals surface area contributed by atoms with Crippen LogP contribution in [0.2, 0.25) is 0 Å². The zero-order valence-electron chi connectivity index (χ0n) is 11.1. The Morgan fingerprint density at radius 1 is 1.05 bits per heavy atom. The minimum Gasteiger partial charge on any atom is -0.398 e. The first-order valence-electron chi connectivity index (χ1n) is 6.45. The van der Waals surface area contributed by atoms with Crippen molar-refractivity contribution in [2.75, 3.05) is 11.1 Å². The first kappa shape index (κ1) is 13.3. The van der Waals surface area contributed by atoms with E-state index in [4.69, 9.17) is 5.73 Å². The average molecular weight is 285 g/mol. The molecule has 0 radical (unpaired) electrons. The molecule has 0 aliphatic carbocycles. The van der Waals surface area contributed by atoms with Crippen LogP contribution in [0.3, 0.4) is 0 Å². The molecule has 21 heavy (non-hydrogen) atoms. The van der Waals surface area contributed by atoms with Crippen molar-refractivity contribution >= 4 is 22.1 Å². The molecule has 0 amide bonds. The van der Waals surface area contributed by atoms with Crippen molar-refractivity contribution in [1.82, 2.24) is 4.98 Å². The number of hydrogen-bond donors (Lipinski definition) is 2. The molecule has 106 valence electrons. The smallest absolute Gasteiger partial charge is 0.131 e. The summed E-state index contributed by atoms with van der Waals surface area (Å²) in [5, 5.41) is 4.88. The SMILES string of the molecule is Nc1ccc(NCc2ccc(F)cc2F)c2cnccc12. The van der Waals surface area contributed by atoms with Crippen molar-refractivity contribution in [3.8, 4) is 0 Å². The summed E-state index contributed by atoms with van der Waals surface area (Å²) in [6.07, 6.45) is 3.37. The van der Waals surface area contributed by atoms with Crippen LogP contribution in [0, 0.1) is 11.6 Å². The van der Waals surface area contributed by atoms with Crippen molar-refractivity contribution in [1.29, 1.82) is 0 Å². The summed E-state index contributed by atoms with van der Waals surface area (Å²) in [7, 11) is 0. The molecule has 0 saturated carbocycles. The van der Waals surface area contributed by atoms with Gasteiger partial charge in [-0.05, 0) is 24.3 Å². The maximum atomic E-state index is 13.6. The summed E-state index contributed by atoms with van der Waals surface area (Å²) in [4.78, 5) is 4.08. The van der Waals surface area contributed by atoms with Gasteiger partial charge in [0.25, 0.3) is 0 Å². The number of pyridine rings is 1. The molecule has 0 bridgehead atoms. The Bertz CT molecular complexity index is 803. The highest BCUT2D eigenvalue weighted by Crippen LogP contribution is 2.27. The number of nitrogen functional groups attached to an aromatic ring is 1. The number of rotatable bonds is 3. The monoisotopic (exact) mass is 285 g/mol. The molecule has 3 aromatic rings. The lowest BCUT2D eigenvalue weighted by Gasteiger charge is -2.11. The topological polar surface area (TPSA) is 50.9 Å². The molecular weight excluding hydrogens is 272 g/mol. The number of hydrogen-bond acceptors (Lipinski definition) is 3. The van der Waals surface area contributed by atoms with Crippen LogP contribution in [0.1, 0.15) is 5.56 Å². The predicted octanol–water partition coefficient (Wildman–Crippen LogP) is 3.71. The summed E-state index contributed by atoms with van der Waals surface area (Å²) in [5.74, 6) is -1.15. The zero-order chi connectivity index (χ0) is 14.8. The maximum absolute atomic E-state index is 13.6. The van der Waals surface area contributed by atoms with E-state index in [0.717, 1.165) is 22.5 Å². The van der Waals surface area contributed by atoms with E-state index in [2.05, 4.69) is 10.3 Å². The van der Waals surface area contributed by atoms with E-state index < -0.39 is 11.6 Å². The van der Waals surface area contributed by atoms with E-state index in [1.165, 1.54) is 12.1 Å². The molecule has 5 heteroatoms. The minimum absolute atomic E-state index is 0.250. The first-order chi connectivity index (χ1) is 10.1. The number of benzene rings is 2. The lowest BCUT2D eigenvalue weighted by molar-refractivity contribution is 0.574. The van der Waals surface area contributed by atoms with Crippen LogP contribution in [0.15, 0.2) is 48.8 Å². The Balaban J connectivity index is 1.90. The summed E-state index contributed by atoms with van der Waals surface area (Å²) in [6.45, 7) is 0.250. The number of halogens is 2. The fourth-order valence-corrected chi connectivity index (χ4v) is 2.22. The van der Waals surface area contributed by atoms with E-state index in [-0.39, 0.29) is 6.54 Å². The number of nitrogens with two attached hydrogens (primary N) is 1. The summed E-state index contributed by atoms with van der Waals surface area (Å²) in [6, 6.07) is 8.97. The summed E-state index contributed by atoms with van der Waals surface area (Å²) >= 11 is 0. The van der Waals surface area contributed by atoms with Crippen molar-refractivity contribution in [3.63, 3.8) is 0 Å². The third-order valence-corrected chi connectivity index (χ3v) is 3.34. The Labute approximate surface area is 120 Å². The highest BCUT2D eigenvalue weighted by Gasteiger charge is 2.06. The molecule has 3 rings (SSSR count). The van der Waals surface area contributed by atoms with Gasteiger partial charge < -0.3 is 11.1 Å². The van der Waals surface area contributed by atoms with Crippen LogP contribution in [-0.2, 0) is 6.54 Å². The minimum atomic E-state index is -0.585. The molecule has 0 atom stereocenters. The van der Waals surface area contributed by atoms with E-state index in [1.54, 1.807) is 18.5 Å². The Kier molecular flexibility index (Phi) is 3.39. The molecular formula is C16H13F2N3. The third kappa shape index (κ3) is 2.63. The Morgan fingerprint density at radius 3 is 2.71 bits per heavy atom. The van der Waals surface area contributed by atoms with Gasteiger partial charge in [-0.1, -0.05) is 6.07 Å². The van der Waals surface area contributed by atoms with Gasteiger partial charge in [0.2, 0.25) is 0 Å². The fourth-order valence-electron chi connectivity index (χ4n) is 2.22. The van der Waals surface area contributed by atoms with Gasteiger partial charge in [0.1, 0.15) is 11.6 Å². The zero-order valence-corrected chi connectivity index (χ0v) is 11.1. The number of nitrogens with zero attached hydrogens (tertiary/aromatic N) is 1. The molecule has 0 saturated heterocycles.